The maximum atomic E-state index is 12.2. The maximum Gasteiger partial charge on any atom is 0.242 e. The fourth-order valence-electron chi connectivity index (χ4n) is 2.72. The number of nitrogens with zero attached hydrogens (tertiary/aromatic N) is 4. The largest absolute Gasteiger partial charge is 0.350 e. The number of hydrogen-bond acceptors (Lipinski definition) is 5. The van der Waals surface area contributed by atoms with Crippen LogP contribution in [0.4, 0.5) is 0 Å². The van der Waals surface area contributed by atoms with Gasteiger partial charge in [0.2, 0.25) is 5.91 Å². The SMILES string of the molecule is Cc1nc(-c2ccc(CNC(=O)Cn3nnc4ccccc43)cc2)cs1. The molecule has 4 rings (SSSR count). The molecule has 0 saturated heterocycles. The van der Waals surface area contributed by atoms with Gasteiger partial charge in [-0.3, -0.25) is 4.79 Å². The Labute approximate surface area is 154 Å². The first-order valence-electron chi connectivity index (χ1n) is 8.25. The maximum absolute atomic E-state index is 12.2. The number of hydrogen-bond donors (Lipinski definition) is 1. The molecular weight excluding hydrogens is 346 g/mol. The lowest BCUT2D eigenvalue weighted by molar-refractivity contribution is -0.121. The second-order valence-electron chi connectivity index (χ2n) is 5.96. The van der Waals surface area contributed by atoms with Crippen molar-refractivity contribution in [1.29, 1.82) is 0 Å². The molecule has 2 aromatic carbocycles. The van der Waals surface area contributed by atoms with Gasteiger partial charge in [-0.1, -0.05) is 41.6 Å². The average Bonchev–Trinajstić information content (AvgIpc) is 3.27. The second-order valence-corrected chi connectivity index (χ2v) is 7.02. The molecule has 0 fully saturated rings. The Morgan fingerprint density at radius 1 is 1.15 bits per heavy atom. The topological polar surface area (TPSA) is 72.7 Å². The number of thiazole rings is 1. The molecular formula is C19H17N5OS. The number of carbonyl (C=O) groups excluding carboxylic acids is 1. The Bertz CT molecular complexity index is 1050. The van der Waals surface area contributed by atoms with Crippen LogP contribution in [0.5, 0.6) is 0 Å². The Morgan fingerprint density at radius 2 is 1.96 bits per heavy atom. The number of benzene rings is 2. The predicted octanol–water partition coefficient (Wildman–Crippen LogP) is 3.18. The molecule has 2 aromatic heterocycles. The van der Waals surface area contributed by atoms with Crippen LogP contribution < -0.4 is 5.32 Å². The molecule has 6 nitrogen and oxygen atoms in total. The van der Waals surface area contributed by atoms with Gasteiger partial charge in [0.25, 0.3) is 0 Å². The lowest BCUT2D eigenvalue weighted by Gasteiger charge is -2.06. The summed E-state index contributed by atoms with van der Waals surface area (Å²) in [5.74, 6) is -0.0974. The van der Waals surface area contributed by atoms with Gasteiger partial charge < -0.3 is 5.32 Å². The van der Waals surface area contributed by atoms with E-state index in [0.717, 1.165) is 32.9 Å². The third-order valence-corrected chi connectivity index (χ3v) is 4.85. The Morgan fingerprint density at radius 3 is 2.73 bits per heavy atom. The van der Waals surface area contributed by atoms with Crippen molar-refractivity contribution in [3.8, 4) is 11.3 Å². The monoisotopic (exact) mass is 363 g/mol. The fraction of sp³-hybridized carbons (Fsp3) is 0.158. The standard InChI is InChI=1S/C19H17N5OS/c1-13-21-17(12-26-13)15-8-6-14(7-9-15)10-20-19(25)11-24-18-5-3-2-4-16(18)22-23-24/h2-9,12H,10-11H2,1H3,(H,20,25). The summed E-state index contributed by atoms with van der Waals surface area (Å²) in [6.45, 7) is 2.62. The molecule has 1 N–H and O–H groups in total. The lowest BCUT2D eigenvalue weighted by atomic mass is 10.1. The van der Waals surface area contributed by atoms with E-state index in [1.54, 1.807) is 16.0 Å². The molecule has 1 amide bonds. The zero-order chi connectivity index (χ0) is 17.9. The van der Waals surface area contributed by atoms with Crippen molar-refractivity contribution < 1.29 is 4.79 Å². The highest BCUT2D eigenvalue weighted by Crippen LogP contribution is 2.21. The van der Waals surface area contributed by atoms with Crippen molar-refractivity contribution in [2.75, 3.05) is 0 Å². The summed E-state index contributed by atoms with van der Waals surface area (Å²) in [5.41, 5.74) is 4.75. The van der Waals surface area contributed by atoms with Gasteiger partial charge in [0.05, 0.1) is 16.2 Å². The van der Waals surface area contributed by atoms with Gasteiger partial charge in [0, 0.05) is 17.5 Å². The highest BCUT2D eigenvalue weighted by molar-refractivity contribution is 7.09. The molecule has 0 saturated carbocycles. The molecule has 0 bridgehead atoms. The first kappa shape index (κ1) is 16.4. The highest BCUT2D eigenvalue weighted by atomic mass is 32.1. The third-order valence-electron chi connectivity index (χ3n) is 4.07. The molecule has 0 unspecified atom stereocenters. The first-order valence-corrected chi connectivity index (χ1v) is 9.13. The van der Waals surface area contributed by atoms with Gasteiger partial charge in [-0.05, 0) is 24.6 Å². The van der Waals surface area contributed by atoms with Crippen molar-refractivity contribution in [3.05, 3.63) is 64.5 Å². The van der Waals surface area contributed by atoms with Crippen LogP contribution in [0.25, 0.3) is 22.3 Å². The van der Waals surface area contributed by atoms with Crippen molar-refractivity contribution in [1.82, 2.24) is 25.3 Å². The molecule has 4 aromatic rings. The smallest absolute Gasteiger partial charge is 0.242 e. The van der Waals surface area contributed by atoms with Crippen LogP contribution in [0.2, 0.25) is 0 Å². The van der Waals surface area contributed by atoms with Crippen molar-refractivity contribution in [2.45, 2.75) is 20.0 Å². The van der Waals surface area contributed by atoms with Crippen molar-refractivity contribution in [3.63, 3.8) is 0 Å². The van der Waals surface area contributed by atoms with Crippen LogP contribution in [-0.2, 0) is 17.9 Å². The number of aromatic nitrogens is 4. The summed E-state index contributed by atoms with van der Waals surface area (Å²) in [5, 5.41) is 14.1. The zero-order valence-electron chi connectivity index (χ0n) is 14.2. The van der Waals surface area contributed by atoms with Crippen molar-refractivity contribution in [2.24, 2.45) is 0 Å². The number of amides is 1. The minimum atomic E-state index is -0.0974. The van der Waals surface area contributed by atoms with Gasteiger partial charge in [-0.25, -0.2) is 9.67 Å². The number of aryl methyl sites for hydroxylation is 1. The number of rotatable bonds is 5. The van der Waals surface area contributed by atoms with E-state index >= 15 is 0 Å². The Hall–Kier alpha value is -3.06. The number of nitrogens with one attached hydrogen (secondary N) is 1. The molecule has 0 radical (unpaired) electrons. The van der Waals surface area contributed by atoms with E-state index in [9.17, 15) is 4.79 Å². The van der Waals surface area contributed by atoms with Crippen LogP contribution in [0, 0.1) is 6.92 Å². The van der Waals surface area contributed by atoms with E-state index in [0.29, 0.717) is 6.54 Å². The molecule has 130 valence electrons. The van der Waals surface area contributed by atoms with E-state index in [4.69, 9.17) is 0 Å². The Kier molecular flexibility index (Phi) is 4.45. The van der Waals surface area contributed by atoms with Crippen LogP contribution in [0.15, 0.2) is 53.9 Å². The minimum Gasteiger partial charge on any atom is -0.350 e. The van der Waals surface area contributed by atoms with Gasteiger partial charge in [0.15, 0.2) is 0 Å². The lowest BCUT2D eigenvalue weighted by Crippen LogP contribution is -2.27. The fourth-order valence-corrected chi connectivity index (χ4v) is 3.34. The average molecular weight is 363 g/mol. The van der Waals surface area contributed by atoms with Gasteiger partial charge in [-0.15, -0.1) is 16.4 Å². The van der Waals surface area contributed by atoms with E-state index < -0.39 is 0 Å². The van der Waals surface area contributed by atoms with Crippen LogP contribution >= 0.6 is 11.3 Å². The second kappa shape index (κ2) is 7.05. The molecule has 2 heterocycles. The van der Waals surface area contributed by atoms with Crippen LogP contribution in [-0.4, -0.2) is 25.9 Å². The molecule has 0 aliphatic rings. The molecule has 0 aliphatic heterocycles. The number of para-hydroxylation sites is 1. The number of fused-ring (bicyclic) bond motifs is 1. The molecule has 7 heteroatoms. The molecule has 0 atom stereocenters. The first-order chi connectivity index (χ1) is 12.7. The normalized spacial score (nSPS) is 11.0. The third kappa shape index (κ3) is 3.48. The van der Waals surface area contributed by atoms with Crippen molar-refractivity contribution >= 4 is 28.3 Å². The summed E-state index contributed by atoms with van der Waals surface area (Å²) >= 11 is 1.64. The summed E-state index contributed by atoms with van der Waals surface area (Å²) in [7, 11) is 0. The van der Waals surface area contributed by atoms with Gasteiger partial charge >= 0.3 is 0 Å². The molecule has 0 spiro atoms. The summed E-state index contributed by atoms with van der Waals surface area (Å²) in [4.78, 5) is 16.7. The summed E-state index contributed by atoms with van der Waals surface area (Å²) < 4.78 is 1.61. The van der Waals surface area contributed by atoms with Gasteiger partial charge in [-0.2, -0.15) is 0 Å². The highest BCUT2D eigenvalue weighted by Gasteiger charge is 2.08. The van der Waals surface area contributed by atoms with E-state index in [2.05, 4.69) is 26.0 Å². The van der Waals surface area contributed by atoms with E-state index in [1.807, 2.05) is 55.5 Å². The Balaban J connectivity index is 1.37. The quantitative estimate of drug-likeness (QED) is 0.591. The summed E-state index contributed by atoms with van der Waals surface area (Å²) in [6.07, 6.45) is 0. The molecule has 0 aliphatic carbocycles. The zero-order valence-corrected chi connectivity index (χ0v) is 15.0. The molecule has 26 heavy (non-hydrogen) atoms. The minimum absolute atomic E-state index is 0.0974. The van der Waals surface area contributed by atoms with E-state index in [-0.39, 0.29) is 12.5 Å². The summed E-state index contributed by atoms with van der Waals surface area (Å²) in [6, 6.07) is 15.7. The predicted molar refractivity (Wildman–Crippen MR) is 102 cm³/mol. The van der Waals surface area contributed by atoms with Crippen LogP contribution in [0.3, 0.4) is 0 Å². The van der Waals surface area contributed by atoms with E-state index in [1.165, 1.54) is 0 Å². The van der Waals surface area contributed by atoms with Crippen LogP contribution in [0.1, 0.15) is 10.6 Å². The number of carbonyl (C=O) groups is 1. The van der Waals surface area contributed by atoms with Gasteiger partial charge in [0.1, 0.15) is 12.1 Å².